The van der Waals surface area contributed by atoms with Crippen LogP contribution in [-0.2, 0) is 9.59 Å². The third kappa shape index (κ3) is 11.7. The first-order valence-electron chi connectivity index (χ1n) is 5.57. The summed E-state index contributed by atoms with van der Waals surface area (Å²) < 4.78 is 0. The van der Waals surface area contributed by atoms with Crippen LogP contribution in [0.2, 0.25) is 0 Å². The van der Waals surface area contributed by atoms with E-state index in [2.05, 4.69) is 19.8 Å². The Morgan fingerprint density at radius 2 is 1.88 bits per heavy atom. The largest absolute Gasteiger partial charge is 0.348 e. The van der Waals surface area contributed by atoms with Crippen molar-refractivity contribution in [1.29, 1.82) is 0 Å². The van der Waals surface area contributed by atoms with E-state index in [0.29, 0.717) is 6.42 Å². The molecule has 0 aliphatic carbocycles. The highest BCUT2D eigenvalue weighted by molar-refractivity contribution is 7.13. The van der Waals surface area contributed by atoms with Crippen LogP contribution in [-0.4, -0.2) is 32.0 Å². The lowest BCUT2D eigenvalue weighted by molar-refractivity contribution is -0.123. The Labute approximate surface area is 102 Å². The molecule has 0 aliphatic heterocycles. The highest BCUT2D eigenvalue weighted by Gasteiger charge is 2.13. The predicted molar refractivity (Wildman–Crippen MR) is 71.3 cm³/mol. The predicted octanol–water partition coefficient (Wildman–Crippen LogP) is 0.762. The molecule has 0 bridgehead atoms. The van der Waals surface area contributed by atoms with Crippen LogP contribution in [0.15, 0.2) is 0 Å². The summed E-state index contributed by atoms with van der Waals surface area (Å²) in [5, 5.41) is 5.44. The molecule has 2 unspecified atom stereocenters. The first-order valence-corrected chi connectivity index (χ1v) is 6.15. The zero-order chi connectivity index (χ0) is 13.0. The maximum atomic E-state index is 10.9. The van der Waals surface area contributed by atoms with Gasteiger partial charge in [-0.2, -0.15) is 0 Å². The van der Waals surface area contributed by atoms with Crippen LogP contribution in [0.5, 0.6) is 0 Å². The van der Waals surface area contributed by atoms with E-state index in [9.17, 15) is 9.59 Å². The Bertz CT molecular complexity index is 203. The van der Waals surface area contributed by atoms with Crippen molar-refractivity contribution in [3.8, 4) is 0 Å². The monoisotopic (exact) mass is 244 g/mol. The van der Waals surface area contributed by atoms with Crippen LogP contribution >= 0.6 is 9.39 Å². The Balaban J connectivity index is 0. The summed E-state index contributed by atoms with van der Waals surface area (Å²) in [5.74, 6) is -0.224. The van der Waals surface area contributed by atoms with Crippen molar-refractivity contribution in [2.45, 2.75) is 46.1 Å². The Hall–Kier alpha value is -0.405. The number of carbonyl (C=O) groups excluding carboxylic acids is 2. The van der Waals surface area contributed by atoms with Crippen molar-refractivity contribution < 1.29 is 9.59 Å². The molecule has 2 radical (unpaired) electrons. The molecular formula is C10H22BN2O2P. The van der Waals surface area contributed by atoms with E-state index >= 15 is 0 Å². The van der Waals surface area contributed by atoms with Crippen LogP contribution in [0.4, 0.5) is 0 Å². The minimum Gasteiger partial charge on any atom is -0.348 e. The van der Waals surface area contributed by atoms with Gasteiger partial charge in [0.05, 0.1) is 11.7 Å². The van der Waals surface area contributed by atoms with E-state index in [4.69, 9.17) is 7.85 Å². The lowest BCUT2D eigenvalue weighted by Gasteiger charge is -2.14. The molecule has 0 fully saturated rings. The normalized spacial score (nSPS) is 11.0. The third-order valence-electron chi connectivity index (χ3n) is 1.78. The lowest BCUT2D eigenvalue weighted by Crippen LogP contribution is -2.39. The van der Waals surface area contributed by atoms with Crippen molar-refractivity contribution in [1.82, 2.24) is 10.4 Å². The van der Waals surface area contributed by atoms with Crippen LogP contribution in [0, 0.1) is 0 Å². The van der Waals surface area contributed by atoms with E-state index in [-0.39, 0.29) is 5.91 Å². The summed E-state index contributed by atoms with van der Waals surface area (Å²) in [7, 11) is 7.53. The lowest BCUT2D eigenvalue weighted by atomic mass is 9.91. The summed E-state index contributed by atoms with van der Waals surface area (Å²) in [6.45, 7) is 6.25. The van der Waals surface area contributed by atoms with Gasteiger partial charge < -0.3 is 15.2 Å². The molecule has 0 rings (SSSR count). The van der Waals surface area contributed by atoms with E-state index in [0.717, 1.165) is 19.4 Å². The number of unbranched alkanes of at least 4 members (excludes halogenated alkanes) is 1. The quantitative estimate of drug-likeness (QED) is 0.395. The maximum absolute atomic E-state index is 10.9. The van der Waals surface area contributed by atoms with Gasteiger partial charge in [-0.25, -0.2) is 0 Å². The number of amides is 1. The van der Waals surface area contributed by atoms with E-state index < -0.39 is 11.7 Å². The topological polar surface area (TPSA) is 58.2 Å². The van der Waals surface area contributed by atoms with Crippen LogP contribution in [0.1, 0.15) is 40.0 Å². The average Bonchev–Trinajstić information content (AvgIpc) is 2.24. The number of hydrogen-bond donors (Lipinski definition) is 2. The van der Waals surface area contributed by atoms with E-state index in [1.165, 1.54) is 6.92 Å². The molecule has 0 aromatic carbocycles. The van der Waals surface area contributed by atoms with Crippen molar-refractivity contribution in [3.05, 3.63) is 0 Å². The molecule has 4 nitrogen and oxygen atoms in total. The van der Waals surface area contributed by atoms with Gasteiger partial charge >= 0.3 is 0 Å². The van der Waals surface area contributed by atoms with Gasteiger partial charge in [0.25, 0.3) is 0 Å². The van der Waals surface area contributed by atoms with Gasteiger partial charge in [-0.3, -0.25) is 4.79 Å². The second-order valence-corrected chi connectivity index (χ2v) is 3.51. The molecule has 16 heavy (non-hydrogen) atoms. The molecule has 2 N–H and O–H groups in total. The van der Waals surface area contributed by atoms with Crippen molar-refractivity contribution in [2.75, 3.05) is 6.54 Å². The van der Waals surface area contributed by atoms with Gasteiger partial charge in [0.1, 0.15) is 0 Å². The molecule has 0 spiro atoms. The van der Waals surface area contributed by atoms with Gasteiger partial charge in [-0.1, -0.05) is 23.2 Å². The summed E-state index contributed by atoms with van der Waals surface area (Å²) in [6.07, 6.45) is 2.41. The van der Waals surface area contributed by atoms with Gasteiger partial charge in [-0.15, -0.1) is 0 Å². The van der Waals surface area contributed by atoms with Gasteiger partial charge in [0.2, 0.25) is 5.91 Å². The van der Waals surface area contributed by atoms with Crippen molar-refractivity contribution >= 4 is 28.8 Å². The number of carbonyl (C=O) groups is 2. The second-order valence-electron chi connectivity index (χ2n) is 3.11. The maximum Gasteiger partial charge on any atom is 0.217 e. The smallest absolute Gasteiger partial charge is 0.217 e. The fraction of sp³-hybridized carbons (Fsp3) is 0.800. The van der Waals surface area contributed by atoms with Gasteiger partial charge in [0, 0.05) is 6.92 Å². The highest BCUT2D eigenvalue weighted by Crippen LogP contribution is 2.01. The molecule has 92 valence electrons. The van der Waals surface area contributed by atoms with Crippen LogP contribution < -0.4 is 10.4 Å². The minimum absolute atomic E-state index is 0.224. The van der Waals surface area contributed by atoms with E-state index in [1.54, 1.807) is 0 Å². The first kappa shape index (κ1) is 18.0. The Kier molecular flexibility index (Phi) is 14.2. The highest BCUT2D eigenvalue weighted by atomic mass is 31.0. The Morgan fingerprint density at radius 3 is 2.25 bits per heavy atom. The molecule has 0 saturated heterocycles. The zero-order valence-corrected chi connectivity index (χ0v) is 11.5. The number of hydrogen-bond acceptors (Lipinski definition) is 3. The fourth-order valence-electron chi connectivity index (χ4n) is 1.11. The first-order chi connectivity index (χ1) is 7.57. The summed E-state index contributed by atoms with van der Waals surface area (Å²) in [6, 6.07) is -0.531. The molecule has 0 heterocycles. The second kappa shape index (κ2) is 12.7. The summed E-state index contributed by atoms with van der Waals surface area (Å²) in [5.41, 5.74) is -0.473. The van der Waals surface area contributed by atoms with Crippen LogP contribution in [0.3, 0.4) is 0 Å². The molecule has 0 aliphatic rings. The molecule has 0 aromatic heterocycles. The molecule has 2 atom stereocenters. The fourth-order valence-corrected chi connectivity index (χ4v) is 1.31. The standard InChI is InChI=1S/C8H16BN2O2P.C2H6/c1-6(12)11-7(8(9)13)4-2-3-5-10-14;1-2/h7,10H,2-5,14H2,1H3,(H,11,12);1-2H3. The molecule has 1 amide bonds. The van der Waals surface area contributed by atoms with Crippen molar-refractivity contribution in [2.24, 2.45) is 0 Å². The molecule has 0 saturated carbocycles. The zero-order valence-electron chi connectivity index (χ0n) is 10.4. The van der Waals surface area contributed by atoms with Gasteiger partial charge in [-0.05, 0) is 25.8 Å². The number of nitrogens with one attached hydrogen (secondary N) is 2. The molecular weight excluding hydrogens is 222 g/mol. The SMILES string of the molecule is CC.[B]C(=O)C(CCCCNP)NC(C)=O. The van der Waals surface area contributed by atoms with Gasteiger partial charge in [0.15, 0.2) is 7.85 Å². The summed E-state index contributed by atoms with van der Waals surface area (Å²) >= 11 is 0. The van der Waals surface area contributed by atoms with E-state index in [1.807, 2.05) is 13.8 Å². The third-order valence-corrected chi connectivity index (χ3v) is 2.07. The van der Waals surface area contributed by atoms with Crippen molar-refractivity contribution in [3.63, 3.8) is 0 Å². The summed E-state index contributed by atoms with van der Waals surface area (Å²) in [4.78, 5) is 21.6. The Morgan fingerprint density at radius 1 is 1.31 bits per heavy atom. The number of rotatable bonds is 7. The minimum atomic E-state index is -0.531. The van der Waals surface area contributed by atoms with Crippen LogP contribution in [0.25, 0.3) is 0 Å². The molecule has 0 aromatic rings. The molecule has 6 heteroatoms. The average molecular weight is 244 g/mol.